The summed E-state index contributed by atoms with van der Waals surface area (Å²) in [6.45, 7) is 3.70. The van der Waals surface area contributed by atoms with E-state index in [2.05, 4.69) is 33.1 Å². The number of nitrogens with one attached hydrogen (secondary N) is 1. The second-order valence-electron chi connectivity index (χ2n) is 5.67. The second kappa shape index (κ2) is 7.80. The van der Waals surface area contributed by atoms with Crippen molar-refractivity contribution in [2.75, 3.05) is 24.1 Å². The molecule has 0 saturated carbocycles. The molecule has 4 nitrogen and oxygen atoms in total. The van der Waals surface area contributed by atoms with Gasteiger partial charge in [0, 0.05) is 16.2 Å². The molecular formula is C16H24BrN3O. The van der Waals surface area contributed by atoms with Crippen LogP contribution in [0.3, 0.4) is 0 Å². The summed E-state index contributed by atoms with van der Waals surface area (Å²) in [6, 6.07) is 5.96. The average molecular weight is 354 g/mol. The van der Waals surface area contributed by atoms with Crippen molar-refractivity contribution in [3.8, 4) is 0 Å². The second-order valence-corrected chi connectivity index (χ2v) is 6.52. The maximum absolute atomic E-state index is 12.3. The molecule has 0 aromatic heterocycles. The fraction of sp³-hybridized carbons (Fsp3) is 0.562. The lowest BCUT2D eigenvalue weighted by molar-refractivity contribution is -0.117. The normalized spacial score (nSPS) is 20.0. The van der Waals surface area contributed by atoms with Crippen LogP contribution in [-0.2, 0) is 4.79 Å². The standard InChI is InChI=1S/C16H24BrN3O/c1-2-13-6-4-3-5-9-20(13)11-16(21)19-15-8-7-12(18)10-14(15)17/h7-8,10,13H,2-6,9,11,18H2,1H3,(H,19,21). The largest absolute Gasteiger partial charge is 0.399 e. The lowest BCUT2D eigenvalue weighted by Crippen LogP contribution is -2.40. The number of amides is 1. The van der Waals surface area contributed by atoms with Crippen molar-refractivity contribution in [2.45, 2.75) is 45.1 Å². The van der Waals surface area contributed by atoms with Gasteiger partial charge in [-0.25, -0.2) is 0 Å². The molecule has 0 spiro atoms. The minimum absolute atomic E-state index is 0.0424. The minimum Gasteiger partial charge on any atom is -0.399 e. The summed E-state index contributed by atoms with van der Waals surface area (Å²) in [5.41, 5.74) is 7.16. The number of hydrogen-bond donors (Lipinski definition) is 2. The van der Waals surface area contributed by atoms with Gasteiger partial charge < -0.3 is 11.1 Å². The van der Waals surface area contributed by atoms with Crippen molar-refractivity contribution in [3.05, 3.63) is 22.7 Å². The van der Waals surface area contributed by atoms with Gasteiger partial charge in [0.1, 0.15) is 0 Å². The molecular weight excluding hydrogens is 330 g/mol. The monoisotopic (exact) mass is 353 g/mol. The van der Waals surface area contributed by atoms with Gasteiger partial charge in [-0.05, 0) is 59.9 Å². The quantitative estimate of drug-likeness (QED) is 0.812. The Kier molecular flexibility index (Phi) is 6.06. The molecule has 1 saturated heterocycles. The summed E-state index contributed by atoms with van der Waals surface area (Å²) in [7, 11) is 0. The molecule has 1 atom stereocenters. The predicted octanol–water partition coefficient (Wildman–Crippen LogP) is 3.62. The molecule has 1 amide bonds. The van der Waals surface area contributed by atoms with Gasteiger partial charge in [-0.2, -0.15) is 0 Å². The number of carbonyl (C=O) groups excluding carboxylic acids is 1. The summed E-state index contributed by atoms with van der Waals surface area (Å²) in [5, 5.41) is 2.97. The zero-order valence-electron chi connectivity index (χ0n) is 12.6. The minimum atomic E-state index is 0.0424. The molecule has 21 heavy (non-hydrogen) atoms. The maximum Gasteiger partial charge on any atom is 0.238 e. The van der Waals surface area contributed by atoms with Gasteiger partial charge >= 0.3 is 0 Å². The smallest absolute Gasteiger partial charge is 0.238 e. The van der Waals surface area contributed by atoms with Crippen molar-refractivity contribution in [3.63, 3.8) is 0 Å². The molecule has 1 heterocycles. The SMILES string of the molecule is CCC1CCCCCN1CC(=O)Nc1ccc(N)cc1Br. The van der Waals surface area contributed by atoms with Crippen LogP contribution in [0.15, 0.2) is 22.7 Å². The first-order valence-electron chi connectivity index (χ1n) is 7.69. The van der Waals surface area contributed by atoms with Crippen molar-refractivity contribution >= 4 is 33.2 Å². The number of carbonyl (C=O) groups is 1. The summed E-state index contributed by atoms with van der Waals surface area (Å²) >= 11 is 3.43. The summed E-state index contributed by atoms with van der Waals surface area (Å²) < 4.78 is 0.818. The average Bonchev–Trinajstić information content (AvgIpc) is 2.67. The molecule has 1 unspecified atom stereocenters. The number of halogens is 1. The van der Waals surface area contributed by atoms with E-state index in [0.717, 1.165) is 23.1 Å². The first-order chi connectivity index (χ1) is 10.1. The predicted molar refractivity (Wildman–Crippen MR) is 91.3 cm³/mol. The van der Waals surface area contributed by atoms with Crippen LogP contribution in [0.4, 0.5) is 11.4 Å². The van der Waals surface area contributed by atoms with Crippen LogP contribution in [0.1, 0.15) is 39.0 Å². The van der Waals surface area contributed by atoms with Gasteiger partial charge in [0.15, 0.2) is 0 Å². The van der Waals surface area contributed by atoms with Crippen LogP contribution in [0.2, 0.25) is 0 Å². The Hall–Kier alpha value is -1.07. The fourth-order valence-corrected chi connectivity index (χ4v) is 3.41. The van der Waals surface area contributed by atoms with E-state index in [1.807, 2.05) is 6.07 Å². The van der Waals surface area contributed by atoms with E-state index in [-0.39, 0.29) is 5.91 Å². The van der Waals surface area contributed by atoms with Gasteiger partial charge in [-0.3, -0.25) is 9.69 Å². The molecule has 1 aromatic carbocycles. The number of nitrogens with zero attached hydrogens (tertiary/aromatic N) is 1. The van der Waals surface area contributed by atoms with Crippen LogP contribution < -0.4 is 11.1 Å². The Morgan fingerprint density at radius 3 is 2.95 bits per heavy atom. The maximum atomic E-state index is 12.3. The Morgan fingerprint density at radius 2 is 2.24 bits per heavy atom. The lowest BCUT2D eigenvalue weighted by atomic mass is 10.1. The van der Waals surface area contributed by atoms with Gasteiger partial charge in [0.2, 0.25) is 5.91 Å². The van der Waals surface area contributed by atoms with E-state index < -0.39 is 0 Å². The highest BCUT2D eigenvalue weighted by molar-refractivity contribution is 9.10. The van der Waals surface area contributed by atoms with Gasteiger partial charge in [-0.15, -0.1) is 0 Å². The van der Waals surface area contributed by atoms with Crippen LogP contribution in [0.5, 0.6) is 0 Å². The molecule has 3 N–H and O–H groups in total. The number of likely N-dealkylation sites (tertiary alicyclic amines) is 1. The number of benzene rings is 1. The highest BCUT2D eigenvalue weighted by Gasteiger charge is 2.21. The summed E-state index contributed by atoms with van der Waals surface area (Å²) in [4.78, 5) is 14.6. The zero-order chi connectivity index (χ0) is 15.2. The van der Waals surface area contributed by atoms with Crippen LogP contribution >= 0.6 is 15.9 Å². The third-order valence-electron chi connectivity index (χ3n) is 4.08. The van der Waals surface area contributed by atoms with Crippen molar-refractivity contribution < 1.29 is 4.79 Å². The zero-order valence-corrected chi connectivity index (χ0v) is 14.2. The molecule has 0 radical (unpaired) electrons. The van der Waals surface area contributed by atoms with E-state index in [9.17, 15) is 4.79 Å². The molecule has 1 aliphatic heterocycles. The number of anilines is 2. The number of rotatable bonds is 4. The molecule has 1 fully saturated rings. The molecule has 2 rings (SSSR count). The molecule has 1 aromatic rings. The van der Waals surface area contributed by atoms with Gasteiger partial charge in [0.25, 0.3) is 0 Å². The first kappa shape index (κ1) is 16.3. The fourth-order valence-electron chi connectivity index (χ4n) is 2.91. The van der Waals surface area contributed by atoms with E-state index >= 15 is 0 Å². The van der Waals surface area contributed by atoms with Crippen LogP contribution in [0.25, 0.3) is 0 Å². The number of nitrogen functional groups attached to an aromatic ring is 1. The van der Waals surface area contributed by atoms with E-state index in [1.165, 1.54) is 25.7 Å². The molecule has 1 aliphatic rings. The lowest BCUT2D eigenvalue weighted by Gasteiger charge is -2.28. The highest BCUT2D eigenvalue weighted by Crippen LogP contribution is 2.25. The topological polar surface area (TPSA) is 58.4 Å². The molecule has 0 bridgehead atoms. The highest BCUT2D eigenvalue weighted by atomic mass is 79.9. The van der Waals surface area contributed by atoms with E-state index in [0.29, 0.717) is 18.3 Å². The molecule has 5 heteroatoms. The van der Waals surface area contributed by atoms with Crippen molar-refractivity contribution in [1.82, 2.24) is 4.90 Å². The Labute approximate surface area is 135 Å². The van der Waals surface area contributed by atoms with E-state index in [4.69, 9.17) is 5.73 Å². The number of hydrogen-bond acceptors (Lipinski definition) is 3. The Bertz CT molecular complexity index is 492. The Morgan fingerprint density at radius 1 is 1.43 bits per heavy atom. The molecule has 0 aliphatic carbocycles. The first-order valence-corrected chi connectivity index (χ1v) is 8.48. The number of nitrogens with two attached hydrogens (primary N) is 1. The third-order valence-corrected chi connectivity index (χ3v) is 4.74. The van der Waals surface area contributed by atoms with Crippen molar-refractivity contribution in [2.24, 2.45) is 0 Å². The van der Waals surface area contributed by atoms with Gasteiger partial charge in [-0.1, -0.05) is 19.8 Å². The Balaban J connectivity index is 1.96. The summed E-state index contributed by atoms with van der Waals surface area (Å²) in [5.74, 6) is 0.0424. The molecule has 116 valence electrons. The van der Waals surface area contributed by atoms with Gasteiger partial charge in [0.05, 0.1) is 12.2 Å². The van der Waals surface area contributed by atoms with Crippen LogP contribution in [0, 0.1) is 0 Å². The van der Waals surface area contributed by atoms with Crippen molar-refractivity contribution in [1.29, 1.82) is 0 Å². The third kappa shape index (κ3) is 4.71. The summed E-state index contributed by atoms with van der Waals surface area (Å²) in [6.07, 6.45) is 6.06. The van der Waals surface area contributed by atoms with Crippen LogP contribution in [-0.4, -0.2) is 29.9 Å². The van der Waals surface area contributed by atoms with E-state index in [1.54, 1.807) is 12.1 Å².